The van der Waals surface area contributed by atoms with Gasteiger partial charge in [0.2, 0.25) is 0 Å². The predicted octanol–water partition coefficient (Wildman–Crippen LogP) is -1.31. The molecule has 0 aliphatic carbocycles. The summed E-state index contributed by atoms with van der Waals surface area (Å²) in [6.07, 6.45) is -0.706. The summed E-state index contributed by atoms with van der Waals surface area (Å²) in [7, 11) is 0. The molecule has 13 heavy (non-hydrogen) atoms. The number of hydrogen-bond donors (Lipinski definition) is 4. The molecule has 0 saturated carbocycles. The van der Waals surface area contributed by atoms with Crippen LogP contribution in [0.2, 0.25) is 0 Å². The van der Waals surface area contributed by atoms with Gasteiger partial charge in [-0.1, -0.05) is 6.92 Å². The lowest BCUT2D eigenvalue weighted by Crippen LogP contribution is -2.36. The lowest BCUT2D eigenvalue weighted by Gasteiger charge is -2.28. The summed E-state index contributed by atoms with van der Waals surface area (Å²) in [5.74, 6) is 0. The predicted molar refractivity (Wildman–Crippen MR) is 45.9 cm³/mol. The summed E-state index contributed by atoms with van der Waals surface area (Å²) in [5, 5.41) is 35.3. The molecule has 0 rings (SSSR count). The highest BCUT2D eigenvalue weighted by atomic mass is 16.6. The molecule has 5 heteroatoms. The lowest BCUT2D eigenvalue weighted by atomic mass is 9.88. The van der Waals surface area contributed by atoms with Crippen LogP contribution in [0.15, 0.2) is 0 Å². The molecule has 1 unspecified atom stereocenters. The Hall–Kier alpha value is -0.200. The molecule has 0 spiro atoms. The van der Waals surface area contributed by atoms with Crippen LogP contribution in [0, 0.1) is 5.41 Å². The van der Waals surface area contributed by atoms with E-state index in [1.54, 1.807) is 6.92 Å². The second-order valence-electron chi connectivity index (χ2n) is 3.12. The van der Waals surface area contributed by atoms with Crippen molar-refractivity contribution in [3.05, 3.63) is 0 Å². The summed E-state index contributed by atoms with van der Waals surface area (Å²) >= 11 is 0. The molecule has 0 amide bonds. The summed E-state index contributed by atoms with van der Waals surface area (Å²) in [6, 6.07) is 0. The molecule has 0 saturated heterocycles. The Kier molecular flexibility index (Phi) is 6.19. The highest BCUT2D eigenvalue weighted by Gasteiger charge is 2.27. The molecule has 0 heterocycles. The molecule has 0 fully saturated rings. The van der Waals surface area contributed by atoms with Gasteiger partial charge in [-0.15, -0.1) is 0 Å². The number of ether oxygens (including phenoxy) is 1. The third-order valence-electron chi connectivity index (χ3n) is 2.16. The van der Waals surface area contributed by atoms with E-state index < -0.39 is 18.3 Å². The highest BCUT2D eigenvalue weighted by Crippen LogP contribution is 2.20. The van der Waals surface area contributed by atoms with Crippen LogP contribution in [-0.4, -0.2) is 53.1 Å². The van der Waals surface area contributed by atoms with Crippen molar-refractivity contribution in [1.29, 1.82) is 0 Å². The summed E-state index contributed by atoms with van der Waals surface area (Å²) in [5.41, 5.74) is -0.726. The molecular formula is C8H18O5. The van der Waals surface area contributed by atoms with Crippen molar-refractivity contribution in [2.24, 2.45) is 5.41 Å². The molecule has 0 bridgehead atoms. The first-order valence-electron chi connectivity index (χ1n) is 4.26. The van der Waals surface area contributed by atoms with Crippen LogP contribution in [0.5, 0.6) is 0 Å². The van der Waals surface area contributed by atoms with E-state index in [-0.39, 0.29) is 19.8 Å². The first kappa shape index (κ1) is 12.8. The van der Waals surface area contributed by atoms with Crippen LogP contribution >= 0.6 is 0 Å². The van der Waals surface area contributed by atoms with Crippen LogP contribution in [0.1, 0.15) is 13.3 Å². The molecule has 0 aliphatic heterocycles. The second kappa shape index (κ2) is 6.28. The first-order chi connectivity index (χ1) is 6.14. The van der Waals surface area contributed by atoms with E-state index in [2.05, 4.69) is 0 Å². The fourth-order valence-electron chi connectivity index (χ4n) is 0.793. The zero-order valence-electron chi connectivity index (χ0n) is 7.81. The van der Waals surface area contributed by atoms with E-state index in [0.29, 0.717) is 6.42 Å². The smallest absolute Gasteiger partial charge is 0.177 e. The van der Waals surface area contributed by atoms with Gasteiger partial charge in [0.05, 0.1) is 26.4 Å². The molecule has 0 aliphatic rings. The van der Waals surface area contributed by atoms with Crippen molar-refractivity contribution in [2.75, 3.05) is 26.4 Å². The maximum atomic E-state index is 8.98. The van der Waals surface area contributed by atoms with Crippen LogP contribution in [0.3, 0.4) is 0 Å². The minimum atomic E-state index is -1.25. The quantitative estimate of drug-likeness (QED) is 0.378. The summed E-state index contributed by atoms with van der Waals surface area (Å²) < 4.78 is 4.81. The molecule has 5 nitrogen and oxygen atoms in total. The molecule has 1 atom stereocenters. The van der Waals surface area contributed by atoms with E-state index in [0.717, 1.165) is 0 Å². The minimum Gasteiger partial charge on any atom is -0.396 e. The molecule has 0 aromatic heterocycles. The Morgan fingerprint density at radius 3 is 2.08 bits per heavy atom. The Labute approximate surface area is 77.6 Å². The largest absolute Gasteiger partial charge is 0.396 e. The fraction of sp³-hybridized carbons (Fsp3) is 1.00. The van der Waals surface area contributed by atoms with Crippen molar-refractivity contribution in [3.63, 3.8) is 0 Å². The van der Waals surface area contributed by atoms with Gasteiger partial charge in [-0.05, 0) is 6.42 Å². The van der Waals surface area contributed by atoms with Gasteiger partial charge in [0.1, 0.15) is 0 Å². The van der Waals surface area contributed by atoms with Gasteiger partial charge < -0.3 is 25.2 Å². The first-order valence-corrected chi connectivity index (χ1v) is 4.26. The van der Waals surface area contributed by atoms with Gasteiger partial charge in [-0.2, -0.15) is 0 Å². The summed E-state index contributed by atoms with van der Waals surface area (Å²) in [6.45, 7) is 0.923. The Bertz CT molecular complexity index is 115. The van der Waals surface area contributed by atoms with Crippen molar-refractivity contribution < 1.29 is 25.2 Å². The molecule has 80 valence electrons. The Balaban J connectivity index is 3.95. The van der Waals surface area contributed by atoms with Gasteiger partial charge in [0.25, 0.3) is 0 Å². The van der Waals surface area contributed by atoms with Gasteiger partial charge in [-0.3, -0.25) is 0 Å². The second-order valence-corrected chi connectivity index (χ2v) is 3.12. The van der Waals surface area contributed by atoms with E-state index in [9.17, 15) is 0 Å². The van der Waals surface area contributed by atoms with Crippen LogP contribution in [0.25, 0.3) is 0 Å². The average Bonchev–Trinajstić information content (AvgIpc) is 2.20. The monoisotopic (exact) mass is 194 g/mol. The highest BCUT2D eigenvalue weighted by molar-refractivity contribution is 4.75. The normalized spacial score (nSPS) is 14.5. The van der Waals surface area contributed by atoms with Gasteiger partial charge in [0.15, 0.2) is 6.29 Å². The zero-order valence-corrected chi connectivity index (χ0v) is 7.81. The van der Waals surface area contributed by atoms with Gasteiger partial charge in [-0.25, -0.2) is 0 Å². The van der Waals surface area contributed by atoms with E-state index in [1.807, 2.05) is 0 Å². The standard InChI is InChI=1S/C8H18O5/c1-2-8(4-10,5-11)6-13-7(12)3-9/h7,9-12H,2-6H2,1H3. The van der Waals surface area contributed by atoms with Crippen LogP contribution < -0.4 is 0 Å². The Morgan fingerprint density at radius 2 is 1.77 bits per heavy atom. The molecule has 0 radical (unpaired) electrons. The number of aliphatic hydroxyl groups excluding tert-OH is 4. The van der Waals surface area contributed by atoms with E-state index in [4.69, 9.17) is 25.2 Å². The van der Waals surface area contributed by atoms with Crippen molar-refractivity contribution >= 4 is 0 Å². The van der Waals surface area contributed by atoms with Crippen molar-refractivity contribution in [1.82, 2.24) is 0 Å². The molecule has 0 aromatic rings. The van der Waals surface area contributed by atoms with Crippen molar-refractivity contribution in [3.8, 4) is 0 Å². The number of hydrogen-bond acceptors (Lipinski definition) is 5. The van der Waals surface area contributed by atoms with E-state index >= 15 is 0 Å². The maximum absolute atomic E-state index is 8.98. The third kappa shape index (κ3) is 4.02. The van der Waals surface area contributed by atoms with Crippen LogP contribution in [-0.2, 0) is 4.74 Å². The van der Waals surface area contributed by atoms with E-state index in [1.165, 1.54) is 0 Å². The minimum absolute atomic E-state index is 0.0260. The molecule has 4 N–H and O–H groups in total. The zero-order chi connectivity index (χ0) is 10.3. The topological polar surface area (TPSA) is 90.2 Å². The van der Waals surface area contributed by atoms with Gasteiger partial charge in [0, 0.05) is 5.41 Å². The fourth-order valence-corrected chi connectivity index (χ4v) is 0.793. The van der Waals surface area contributed by atoms with Crippen LogP contribution in [0.4, 0.5) is 0 Å². The third-order valence-corrected chi connectivity index (χ3v) is 2.16. The lowest BCUT2D eigenvalue weighted by molar-refractivity contribution is -0.158. The Morgan fingerprint density at radius 1 is 1.23 bits per heavy atom. The maximum Gasteiger partial charge on any atom is 0.177 e. The summed E-state index contributed by atoms with van der Waals surface area (Å²) in [4.78, 5) is 0. The van der Waals surface area contributed by atoms with Crippen molar-refractivity contribution in [2.45, 2.75) is 19.6 Å². The molecule has 0 aromatic carbocycles. The SMILES string of the molecule is CCC(CO)(CO)COC(O)CO. The van der Waals surface area contributed by atoms with Gasteiger partial charge >= 0.3 is 0 Å². The number of aliphatic hydroxyl groups is 4. The average molecular weight is 194 g/mol. The number of rotatable bonds is 7. The molecular weight excluding hydrogens is 176 g/mol.